The summed E-state index contributed by atoms with van der Waals surface area (Å²) in [6.07, 6.45) is 0. The van der Waals surface area contributed by atoms with Crippen LogP contribution < -0.4 is 10.2 Å². The maximum absolute atomic E-state index is 12.8. The van der Waals surface area contributed by atoms with E-state index >= 15 is 0 Å². The van der Waals surface area contributed by atoms with Gasteiger partial charge in [-0.3, -0.25) is 14.5 Å². The zero-order valence-corrected chi connectivity index (χ0v) is 14.1. The molecule has 1 N–H and O–H groups in total. The SMILES string of the molecule is CCOC(=O)c1ccc2c(c1)NC(=O)C(C)N2C(=O)c1cccs1. The number of esters is 1. The fraction of sp³-hybridized carbons (Fsp3) is 0.235. The van der Waals surface area contributed by atoms with E-state index in [-0.39, 0.29) is 18.4 Å². The number of hydrogen-bond donors (Lipinski definition) is 1. The fourth-order valence-corrected chi connectivity index (χ4v) is 3.21. The molecule has 3 rings (SSSR count). The summed E-state index contributed by atoms with van der Waals surface area (Å²) in [5.74, 6) is -1.00. The summed E-state index contributed by atoms with van der Waals surface area (Å²) < 4.78 is 4.97. The van der Waals surface area contributed by atoms with Gasteiger partial charge < -0.3 is 10.1 Å². The van der Waals surface area contributed by atoms with E-state index in [1.165, 1.54) is 22.3 Å². The number of hydrogen-bond acceptors (Lipinski definition) is 5. The first kappa shape index (κ1) is 16.2. The van der Waals surface area contributed by atoms with Gasteiger partial charge in [0.2, 0.25) is 5.91 Å². The van der Waals surface area contributed by atoms with Crippen molar-refractivity contribution < 1.29 is 19.1 Å². The second-order valence-corrected chi connectivity index (χ2v) is 6.22. The predicted octanol–water partition coefficient (Wildman–Crippen LogP) is 2.91. The van der Waals surface area contributed by atoms with Crippen molar-refractivity contribution >= 4 is 40.5 Å². The van der Waals surface area contributed by atoms with E-state index in [9.17, 15) is 14.4 Å². The number of nitrogens with one attached hydrogen (secondary N) is 1. The van der Waals surface area contributed by atoms with Gasteiger partial charge in [-0.2, -0.15) is 0 Å². The van der Waals surface area contributed by atoms with Crippen LogP contribution in [0.4, 0.5) is 11.4 Å². The highest BCUT2D eigenvalue weighted by Gasteiger charge is 2.35. The van der Waals surface area contributed by atoms with E-state index in [1.54, 1.807) is 38.1 Å². The second kappa shape index (κ2) is 6.45. The molecule has 7 heteroatoms. The molecule has 2 heterocycles. The molecule has 124 valence electrons. The van der Waals surface area contributed by atoms with Crippen LogP contribution in [0.25, 0.3) is 0 Å². The van der Waals surface area contributed by atoms with Crippen molar-refractivity contribution in [2.45, 2.75) is 19.9 Å². The van der Waals surface area contributed by atoms with Crippen molar-refractivity contribution in [2.24, 2.45) is 0 Å². The normalized spacial score (nSPS) is 16.3. The lowest BCUT2D eigenvalue weighted by molar-refractivity contribution is -0.117. The van der Waals surface area contributed by atoms with E-state index in [1.807, 2.05) is 5.38 Å². The van der Waals surface area contributed by atoms with Crippen LogP contribution in [0.1, 0.15) is 33.9 Å². The molecule has 0 fully saturated rings. The van der Waals surface area contributed by atoms with Crippen LogP contribution in [0.15, 0.2) is 35.7 Å². The number of nitrogens with zero attached hydrogens (tertiary/aromatic N) is 1. The Labute approximate surface area is 143 Å². The number of amides is 2. The van der Waals surface area contributed by atoms with Gasteiger partial charge in [-0.15, -0.1) is 11.3 Å². The van der Waals surface area contributed by atoms with Crippen LogP contribution >= 0.6 is 11.3 Å². The zero-order valence-electron chi connectivity index (χ0n) is 13.2. The molecule has 24 heavy (non-hydrogen) atoms. The van der Waals surface area contributed by atoms with E-state index in [2.05, 4.69) is 5.32 Å². The van der Waals surface area contributed by atoms with Crippen molar-refractivity contribution in [1.29, 1.82) is 0 Å². The maximum Gasteiger partial charge on any atom is 0.338 e. The molecule has 0 saturated heterocycles. The van der Waals surface area contributed by atoms with Crippen LogP contribution in [0.2, 0.25) is 0 Å². The highest BCUT2D eigenvalue weighted by atomic mass is 32.1. The number of rotatable bonds is 3. The molecule has 1 atom stereocenters. The molecule has 1 aromatic carbocycles. The van der Waals surface area contributed by atoms with Crippen molar-refractivity contribution in [1.82, 2.24) is 0 Å². The highest BCUT2D eigenvalue weighted by Crippen LogP contribution is 2.34. The molecule has 0 aliphatic carbocycles. The van der Waals surface area contributed by atoms with Crippen LogP contribution in [-0.2, 0) is 9.53 Å². The number of thiophene rings is 1. The number of carbonyl (C=O) groups excluding carboxylic acids is 3. The summed E-state index contributed by atoms with van der Waals surface area (Å²) in [5, 5.41) is 4.55. The van der Waals surface area contributed by atoms with Gasteiger partial charge in [0.1, 0.15) is 6.04 Å². The van der Waals surface area contributed by atoms with E-state index in [4.69, 9.17) is 4.74 Å². The van der Waals surface area contributed by atoms with Crippen LogP contribution in [0.3, 0.4) is 0 Å². The number of carbonyl (C=O) groups is 3. The molecule has 1 unspecified atom stereocenters. The summed E-state index contributed by atoms with van der Waals surface area (Å²) in [6, 6.07) is 7.65. The first-order chi connectivity index (χ1) is 11.5. The van der Waals surface area contributed by atoms with Crippen molar-refractivity contribution in [2.75, 3.05) is 16.8 Å². The summed E-state index contributed by atoms with van der Waals surface area (Å²) in [4.78, 5) is 38.9. The molecule has 1 aliphatic heterocycles. The minimum Gasteiger partial charge on any atom is -0.462 e. The summed E-state index contributed by atoms with van der Waals surface area (Å²) in [7, 11) is 0. The van der Waals surface area contributed by atoms with Gasteiger partial charge in [0.25, 0.3) is 5.91 Å². The molecule has 1 aromatic heterocycles. The smallest absolute Gasteiger partial charge is 0.338 e. The third-order valence-electron chi connectivity index (χ3n) is 3.74. The molecule has 6 nitrogen and oxygen atoms in total. The molecule has 2 amide bonds. The van der Waals surface area contributed by atoms with Gasteiger partial charge in [-0.05, 0) is 43.5 Å². The molecule has 0 radical (unpaired) electrons. The zero-order chi connectivity index (χ0) is 17.3. The predicted molar refractivity (Wildman–Crippen MR) is 91.6 cm³/mol. The Morgan fingerprint density at radius 3 is 2.79 bits per heavy atom. The summed E-state index contributed by atoms with van der Waals surface area (Å²) >= 11 is 1.32. The lowest BCUT2D eigenvalue weighted by Crippen LogP contribution is -2.49. The monoisotopic (exact) mass is 344 g/mol. The van der Waals surface area contributed by atoms with E-state index in [0.717, 1.165) is 0 Å². The van der Waals surface area contributed by atoms with Crippen LogP contribution in [-0.4, -0.2) is 30.4 Å². The van der Waals surface area contributed by atoms with Crippen molar-refractivity contribution in [3.8, 4) is 0 Å². The van der Waals surface area contributed by atoms with Crippen molar-refractivity contribution in [3.05, 3.63) is 46.2 Å². The standard InChI is InChI=1S/C17H16N2O4S/c1-3-23-17(22)11-6-7-13-12(9-11)18-15(20)10(2)19(13)16(21)14-5-4-8-24-14/h4-10H,3H2,1-2H3,(H,18,20). The average molecular weight is 344 g/mol. The topological polar surface area (TPSA) is 75.7 Å². The molecular formula is C17H16N2O4S. The first-order valence-corrected chi connectivity index (χ1v) is 8.40. The number of fused-ring (bicyclic) bond motifs is 1. The van der Waals surface area contributed by atoms with Gasteiger partial charge in [0.05, 0.1) is 28.4 Å². The summed E-state index contributed by atoms with van der Waals surface area (Å²) in [6.45, 7) is 3.66. The van der Waals surface area contributed by atoms with Crippen LogP contribution in [0.5, 0.6) is 0 Å². The molecule has 0 spiro atoms. The van der Waals surface area contributed by atoms with Crippen molar-refractivity contribution in [3.63, 3.8) is 0 Å². The Morgan fingerprint density at radius 2 is 2.12 bits per heavy atom. The molecule has 2 aromatic rings. The van der Waals surface area contributed by atoms with Crippen LogP contribution in [0, 0.1) is 0 Å². The quantitative estimate of drug-likeness (QED) is 0.869. The van der Waals surface area contributed by atoms with Gasteiger partial charge in [-0.25, -0.2) is 4.79 Å². The Balaban J connectivity index is 2.02. The number of anilines is 2. The molecule has 1 aliphatic rings. The minimum absolute atomic E-state index is 0.238. The van der Waals surface area contributed by atoms with E-state index < -0.39 is 12.0 Å². The first-order valence-electron chi connectivity index (χ1n) is 7.52. The summed E-state index contributed by atoms with van der Waals surface area (Å²) in [5.41, 5.74) is 1.32. The third-order valence-corrected chi connectivity index (χ3v) is 4.60. The fourth-order valence-electron chi connectivity index (χ4n) is 2.55. The van der Waals surface area contributed by atoms with E-state index in [0.29, 0.717) is 21.8 Å². The molecular weight excluding hydrogens is 328 g/mol. The Bertz CT molecular complexity index is 801. The van der Waals surface area contributed by atoms with Gasteiger partial charge in [-0.1, -0.05) is 6.07 Å². The largest absolute Gasteiger partial charge is 0.462 e. The highest BCUT2D eigenvalue weighted by molar-refractivity contribution is 7.12. The Hall–Kier alpha value is -2.67. The number of benzene rings is 1. The third kappa shape index (κ3) is 2.78. The Morgan fingerprint density at radius 1 is 1.33 bits per heavy atom. The molecule has 0 bridgehead atoms. The second-order valence-electron chi connectivity index (χ2n) is 5.27. The Kier molecular flexibility index (Phi) is 4.35. The van der Waals surface area contributed by atoms with Gasteiger partial charge in [0.15, 0.2) is 0 Å². The maximum atomic E-state index is 12.8. The lowest BCUT2D eigenvalue weighted by Gasteiger charge is -2.34. The minimum atomic E-state index is -0.638. The lowest BCUT2D eigenvalue weighted by atomic mass is 10.1. The number of ether oxygens (including phenoxy) is 1. The molecule has 0 saturated carbocycles. The van der Waals surface area contributed by atoms with Gasteiger partial charge in [0, 0.05) is 0 Å². The van der Waals surface area contributed by atoms with Gasteiger partial charge >= 0.3 is 5.97 Å². The average Bonchev–Trinajstić information content (AvgIpc) is 3.10.